The van der Waals surface area contributed by atoms with Gasteiger partial charge in [0.15, 0.2) is 0 Å². The summed E-state index contributed by atoms with van der Waals surface area (Å²) in [5.74, 6) is 2.57. The van der Waals surface area contributed by atoms with Crippen molar-refractivity contribution in [3.05, 3.63) is 35.4 Å². The molecule has 2 N–H and O–H groups in total. The predicted octanol–water partition coefficient (Wildman–Crippen LogP) is 2.61. The highest BCUT2D eigenvalue weighted by Crippen LogP contribution is 2.04. The summed E-state index contributed by atoms with van der Waals surface area (Å²) >= 11 is 5.62. The summed E-state index contributed by atoms with van der Waals surface area (Å²) in [6.45, 7) is 2.77. The predicted molar refractivity (Wildman–Crippen MR) is 111 cm³/mol. The molecule has 0 atom stereocenters. The average molecular weight is 409 g/mol. The van der Waals surface area contributed by atoms with Gasteiger partial charge in [-0.05, 0) is 37.1 Å². The van der Waals surface area contributed by atoms with Crippen molar-refractivity contribution in [2.24, 2.45) is 0 Å². The monoisotopic (exact) mass is 408 g/mol. The van der Waals surface area contributed by atoms with E-state index in [1.807, 2.05) is 0 Å². The highest BCUT2D eigenvalue weighted by atomic mass is 35.5. The molecule has 0 fully saturated rings. The Hall–Kier alpha value is -2.07. The molecule has 0 heterocycles. The summed E-state index contributed by atoms with van der Waals surface area (Å²) in [5.41, 5.74) is 0.931. The van der Waals surface area contributed by atoms with Crippen molar-refractivity contribution in [1.29, 1.82) is 0 Å². The van der Waals surface area contributed by atoms with Gasteiger partial charge in [0.1, 0.15) is 0 Å². The van der Waals surface area contributed by atoms with Crippen molar-refractivity contribution in [2.45, 2.75) is 25.7 Å². The van der Waals surface area contributed by atoms with Crippen molar-refractivity contribution in [3.8, 4) is 12.3 Å². The number of hydrogen-bond acceptors (Lipinski definition) is 4. The largest absolute Gasteiger partial charge is 0.379 e. The Balaban J connectivity index is 2.07. The minimum absolute atomic E-state index is 0.167. The number of terminal acetylenes is 1. The SMILES string of the molecule is C#CCNC(=O)c1ccc(C(=O)NCCOCCOCCCCCCCl)cc1. The fourth-order valence-corrected chi connectivity index (χ4v) is 2.51. The van der Waals surface area contributed by atoms with Gasteiger partial charge >= 0.3 is 0 Å². The highest BCUT2D eigenvalue weighted by Gasteiger charge is 2.08. The Morgan fingerprint density at radius 2 is 1.43 bits per heavy atom. The molecule has 154 valence electrons. The molecular weight excluding hydrogens is 380 g/mol. The molecule has 0 aromatic heterocycles. The van der Waals surface area contributed by atoms with Crippen LogP contribution in [0.15, 0.2) is 24.3 Å². The molecule has 28 heavy (non-hydrogen) atoms. The van der Waals surface area contributed by atoms with Crippen LogP contribution in [0.3, 0.4) is 0 Å². The maximum atomic E-state index is 12.1. The normalized spacial score (nSPS) is 10.3. The van der Waals surface area contributed by atoms with Crippen LogP contribution in [0.1, 0.15) is 46.4 Å². The van der Waals surface area contributed by atoms with Crippen LogP contribution in [-0.2, 0) is 9.47 Å². The summed E-state index contributed by atoms with van der Waals surface area (Å²) in [6.07, 6.45) is 9.47. The molecule has 1 aromatic carbocycles. The van der Waals surface area contributed by atoms with E-state index in [2.05, 4.69) is 16.6 Å². The highest BCUT2D eigenvalue weighted by molar-refractivity contribution is 6.17. The molecule has 2 amide bonds. The first-order valence-electron chi connectivity index (χ1n) is 9.50. The van der Waals surface area contributed by atoms with E-state index in [0.29, 0.717) is 37.5 Å². The fourth-order valence-electron chi connectivity index (χ4n) is 2.32. The van der Waals surface area contributed by atoms with Crippen molar-refractivity contribution in [3.63, 3.8) is 0 Å². The first-order chi connectivity index (χ1) is 13.7. The van der Waals surface area contributed by atoms with Crippen molar-refractivity contribution in [2.75, 3.05) is 45.4 Å². The number of amides is 2. The van der Waals surface area contributed by atoms with E-state index in [9.17, 15) is 9.59 Å². The number of benzene rings is 1. The van der Waals surface area contributed by atoms with Gasteiger partial charge in [-0.3, -0.25) is 9.59 Å². The van der Waals surface area contributed by atoms with Crippen LogP contribution in [0.25, 0.3) is 0 Å². The molecule has 0 aliphatic rings. The van der Waals surface area contributed by atoms with Gasteiger partial charge in [-0.25, -0.2) is 0 Å². The van der Waals surface area contributed by atoms with Gasteiger partial charge < -0.3 is 20.1 Å². The van der Waals surface area contributed by atoms with Crippen LogP contribution in [0.5, 0.6) is 0 Å². The van der Waals surface area contributed by atoms with Gasteiger partial charge in [0.2, 0.25) is 0 Å². The number of carbonyl (C=O) groups is 2. The number of alkyl halides is 1. The Bertz CT molecular complexity index is 614. The lowest BCUT2D eigenvalue weighted by Crippen LogP contribution is -2.28. The van der Waals surface area contributed by atoms with Gasteiger partial charge in [0.05, 0.1) is 26.4 Å². The van der Waals surface area contributed by atoms with Crippen molar-refractivity contribution in [1.82, 2.24) is 10.6 Å². The van der Waals surface area contributed by atoms with E-state index in [1.165, 1.54) is 0 Å². The summed E-state index contributed by atoms with van der Waals surface area (Å²) in [4.78, 5) is 23.8. The minimum atomic E-state index is -0.268. The van der Waals surface area contributed by atoms with E-state index in [0.717, 1.165) is 38.2 Å². The summed E-state index contributed by atoms with van der Waals surface area (Å²) in [6, 6.07) is 6.37. The molecular formula is C21H29ClN2O4. The molecule has 0 aliphatic heterocycles. The van der Waals surface area contributed by atoms with Crippen LogP contribution >= 0.6 is 11.6 Å². The number of hydrogen-bond donors (Lipinski definition) is 2. The maximum Gasteiger partial charge on any atom is 0.252 e. The zero-order valence-corrected chi connectivity index (χ0v) is 16.9. The van der Waals surface area contributed by atoms with E-state index < -0.39 is 0 Å². The minimum Gasteiger partial charge on any atom is -0.379 e. The third-order valence-electron chi connectivity index (χ3n) is 3.84. The molecule has 7 heteroatoms. The molecule has 0 radical (unpaired) electrons. The van der Waals surface area contributed by atoms with Gasteiger partial charge in [0, 0.05) is 30.2 Å². The quantitative estimate of drug-likeness (QED) is 0.266. The number of nitrogens with one attached hydrogen (secondary N) is 2. The van der Waals surface area contributed by atoms with Gasteiger partial charge in [-0.15, -0.1) is 18.0 Å². The van der Waals surface area contributed by atoms with E-state index >= 15 is 0 Å². The Labute approximate surface area is 172 Å². The Morgan fingerprint density at radius 3 is 2.04 bits per heavy atom. The number of rotatable bonds is 15. The lowest BCUT2D eigenvalue weighted by Gasteiger charge is -2.08. The van der Waals surface area contributed by atoms with Gasteiger partial charge in [0.25, 0.3) is 11.8 Å². The first kappa shape index (κ1) is 24.0. The Morgan fingerprint density at radius 1 is 0.857 bits per heavy atom. The van der Waals surface area contributed by atoms with E-state index in [1.54, 1.807) is 24.3 Å². The summed E-state index contributed by atoms with van der Waals surface area (Å²) < 4.78 is 10.9. The number of ether oxygens (including phenoxy) is 2. The summed E-state index contributed by atoms with van der Waals surface area (Å²) in [7, 11) is 0. The Kier molecular flexibility index (Phi) is 13.6. The molecule has 0 saturated carbocycles. The molecule has 0 aliphatic carbocycles. The number of halogens is 1. The second kappa shape index (κ2) is 15.9. The number of unbranched alkanes of at least 4 members (excludes halogenated alkanes) is 3. The van der Waals surface area contributed by atoms with Crippen LogP contribution < -0.4 is 10.6 Å². The standard InChI is InChI=1S/C21H29ClN2O4/c1-2-12-23-20(25)18-7-9-19(10-8-18)21(26)24-13-15-28-17-16-27-14-6-4-3-5-11-22/h1,7-10H,3-6,11-17H2,(H,23,25)(H,24,26). The second-order valence-electron chi connectivity index (χ2n) is 6.05. The van der Waals surface area contributed by atoms with Crippen LogP contribution in [0, 0.1) is 12.3 Å². The third kappa shape index (κ3) is 10.9. The van der Waals surface area contributed by atoms with Crippen LogP contribution in [-0.4, -0.2) is 57.2 Å². The smallest absolute Gasteiger partial charge is 0.252 e. The lowest BCUT2D eigenvalue weighted by atomic mass is 10.1. The van der Waals surface area contributed by atoms with Gasteiger partial charge in [-0.1, -0.05) is 18.8 Å². The molecule has 0 unspecified atom stereocenters. The van der Waals surface area contributed by atoms with Crippen molar-refractivity contribution < 1.29 is 19.1 Å². The maximum absolute atomic E-state index is 12.1. The zero-order chi connectivity index (χ0) is 20.5. The summed E-state index contributed by atoms with van der Waals surface area (Å²) in [5, 5.41) is 5.34. The molecule has 1 aromatic rings. The van der Waals surface area contributed by atoms with Crippen LogP contribution in [0.4, 0.5) is 0 Å². The fraction of sp³-hybridized carbons (Fsp3) is 0.524. The topological polar surface area (TPSA) is 76.7 Å². The molecule has 0 saturated heterocycles. The second-order valence-corrected chi connectivity index (χ2v) is 6.43. The third-order valence-corrected chi connectivity index (χ3v) is 4.10. The van der Waals surface area contributed by atoms with E-state index in [4.69, 9.17) is 27.5 Å². The average Bonchev–Trinajstić information content (AvgIpc) is 2.72. The van der Waals surface area contributed by atoms with Crippen LogP contribution in [0.2, 0.25) is 0 Å². The zero-order valence-electron chi connectivity index (χ0n) is 16.2. The lowest BCUT2D eigenvalue weighted by molar-refractivity contribution is 0.0468. The van der Waals surface area contributed by atoms with Crippen molar-refractivity contribution >= 4 is 23.4 Å². The molecule has 0 spiro atoms. The molecule has 1 rings (SSSR count). The first-order valence-corrected chi connectivity index (χ1v) is 10.0. The van der Waals surface area contributed by atoms with Gasteiger partial charge in [-0.2, -0.15) is 0 Å². The number of carbonyl (C=O) groups excluding carboxylic acids is 2. The molecule has 0 bridgehead atoms. The molecule has 6 nitrogen and oxygen atoms in total. The van der Waals surface area contributed by atoms with E-state index in [-0.39, 0.29) is 18.4 Å².